The molecule has 0 aromatic heterocycles. The van der Waals surface area contributed by atoms with E-state index in [4.69, 9.17) is 10.00 Å². The molecular weight excluding hydrogens is 368 g/mol. The number of allylic oxidation sites excluding steroid dienone is 4. The molecule has 0 saturated heterocycles. The Labute approximate surface area is 160 Å². The van der Waals surface area contributed by atoms with E-state index >= 15 is 0 Å². The summed E-state index contributed by atoms with van der Waals surface area (Å²) >= 11 is 0. The van der Waals surface area contributed by atoms with Crippen LogP contribution < -0.4 is 5.32 Å². The molecule has 10 nitrogen and oxygen atoms in total. The number of rotatable bonds is 8. The lowest BCUT2D eigenvalue weighted by molar-refractivity contribution is -0.393. The van der Waals surface area contributed by atoms with Gasteiger partial charge in [0.1, 0.15) is 17.3 Å². The summed E-state index contributed by atoms with van der Waals surface area (Å²) in [5.41, 5.74) is 0.436. The van der Waals surface area contributed by atoms with Gasteiger partial charge in [0.2, 0.25) is 0 Å². The smallest absolute Gasteiger partial charge is 0.348 e. The molecule has 0 amide bonds. The van der Waals surface area contributed by atoms with Gasteiger partial charge < -0.3 is 10.1 Å². The fourth-order valence-electron chi connectivity index (χ4n) is 1.91. The molecule has 28 heavy (non-hydrogen) atoms. The number of nitro groups is 2. The van der Waals surface area contributed by atoms with E-state index in [0.717, 1.165) is 12.1 Å². The summed E-state index contributed by atoms with van der Waals surface area (Å²) < 4.78 is 4.76. The Balaban J connectivity index is 3.06. The SMILES string of the molecule is CCOC(=O)/C(C#N)=C/C=C(C)\C(C)=C/Nc1ccc([N+](=O)[O-])cc1[N+](=O)[O-]. The van der Waals surface area contributed by atoms with Crippen LogP contribution in [0.1, 0.15) is 20.8 Å². The van der Waals surface area contributed by atoms with Crippen LogP contribution in [0.25, 0.3) is 0 Å². The molecule has 0 unspecified atom stereocenters. The van der Waals surface area contributed by atoms with Crippen molar-refractivity contribution < 1.29 is 19.4 Å². The molecule has 1 N–H and O–H groups in total. The Kier molecular flexibility index (Phi) is 8.05. The van der Waals surface area contributed by atoms with Crippen LogP contribution >= 0.6 is 0 Å². The number of anilines is 1. The minimum absolute atomic E-state index is 0.0857. The number of nitro benzene ring substituents is 2. The van der Waals surface area contributed by atoms with Crippen molar-refractivity contribution in [2.24, 2.45) is 0 Å². The van der Waals surface area contributed by atoms with E-state index < -0.39 is 21.5 Å². The number of benzene rings is 1. The minimum atomic E-state index is -0.727. The first kappa shape index (κ1) is 22.0. The summed E-state index contributed by atoms with van der Waals surface area (Å²) in [5, 5.41) is 33.6. The van der Waals surface area contributed by atoms with Crippen molar-refractivity contribution in [1.82, 2.24) is 0 Å². The highest BCUT2D eigenvalue weighted by Crippen LogP contribution is 2.29. The van der Waals surface area contributed by atoms with Crippen molar-refractivity contribution in [3.8, 4) is 6.07 Å². The summed E-state index contributed by atoms with van der Waals surface area (Å²) in [7, 11) is 0. The number of hydrogen-bond acceptors (Lipinski definition) is 8. The Morgan fingerprint density at radius 1 is 1.21 bits per heavy atom. The number of non-ortho nitro benzene ring substituents is 1. The number of ether oxygens (including phenoxy) is 1. The van der Waals surface area contributed by atoms with E-state index in [-0.39, 0.29) is 23.6 Å². The summed E-state index contributed by atoms with van der Waals surface area (Å²) in [6.45, 7) is 5.20. The molecule has 0 heterocycles. The Morgan fingerprint density at radius 2 is 1.89 bits per heavy atom. The maximum atomic E-state index is 11.6. The van der Waals surface area contributed by atoms with Crippen molar-refractivity contribution in [3.05, 3.63) is 73.5 Å². The molecule has 146 valence electrons. The predicted molar refractivity (Wildman–Crippen MR) is 101 cm³/mol. The van der Waals surface area contributed by atoms with Gasteiger partial charge in [-0.25, -0.2) is 4.79 Å². The average molecular weight is 386 g/mol. The molecule has 0 saturated carbocycles. The van der Waals surface area contributed by atoms with Gasteiger partial charge >= 0.3 is 5.97 Å². The molecule has 0 atom stereocenters. The summed E-state index contributed by atoms with van der Waals surface area (Å²) in [4.78, 5) is 32.0. The van der Waals surface area contributed by atoms with E-state index in [1.807, 2.05) is 0 Å². The van der Waals surface area contributed by atoms with Crippen LogP contribution in [0.2, 0.25) is 0 Å². The Hall–Kier alpha value is -4.00. The third-order valence-corrected chi connectivity index (χ3v) is 3.57. The topological polar surface area (TPSA) is 148 Å². The number of esters is 1. The van der Waals surface area contributed by atoms with Crippen molar-refractivity contribution in [1.29, 1.82) is 5.26 Å². The van der Waals surface area contributed by atoms with Crippen molar-refractivity contribution >= 4 is 23.0 Å². The summed E-state index contributed by atoms with van der Waals surface area (Å²) in [6, 6.07) is 5.02. The lowest BCUT2D eigenvalue weighted by atomic mass is 10.1. The second-order valence-electron chi connectivity index (χ2n) is 5.45. The Morgan fingerprint density at radius 3 is 2.43 bits per heavy atom. The molecule has 0 aliphatic heterocycles. The normalized spacial score (nSPS) is 12.1. The summed E-state index contributed by atoms with van der Waals surface area (Å²) in [6.07, 6.45) is 4.33. The Bertz CT molecular complexity index is 924. The first-order valence-electron chi connectivity index (χ1n) is 8.03. The van der Waals surface area contributed by atoms with Crippen LogP contribution in [0.4, 0.5) is 17.1 Å². The van der Waals surface area contributed by atoms with Crippen molar-refractivity contribution in [2.75, 3.05) is 11.9 Å². The zero-order valence-electron chi connectivity index (χ0n) is 15.5. The molecule has 0 aliphatic rings. The number of nitrogens with one attached hydrogen (secondary N) is 1. The highest BCUT2D eigenvalue weighted by atomic mass is 16.6. The largest absolute Gasteiger partial charge is 0.462 e. The van der Waals surface area contributed by atoms with Gasteiger partial charge in [-0.2, -0.15) is 5.26 Å². The van der Waals surface area contributed by atoms with E-state index in [9.17, 15) is 25.0 Å². The van der Waals surface area contributed by atoms with Crippen LogP contribution in [0, 0.1) is 31.6 Å². The van der Waals surface area contributed by atoms with Gasteiger partial charge in [-0.05, 0) is 44.1 Å². The number of nitrogens with zero attached hydrogens (tertiary/aromatic N) is 3. The fourth-order valence-corrected chi connectivity index (χ4v) is 1.91. The average Bonchev–Trinajstić information content (AvgIpc) is 2.66. The third-order valence-electron chi connectivity index (χ3n) is 3.57. The zero-order valence-corrected chi connectivity index (χ0v) is 15.5. The lowest BCUT2D eigenvalue weighted by Crippen LogP contribution is -2.05. The van der Waals surface area contributed by atoms with Crippen LogP contribution in [-0.4, -0.2) is 22.4 Å². The number of hydrogen-bond donors (Lipinski definition) is 1. The highest BCUT2D eigenvalue weighted by molar-refractivity contribution is 5.93. The van der Waals surface area contributed by atoms with Crippen molar-refractivity contribution in [2.45, 2.75) is 20.8 Å². The fraction of sp³-hybridized carbons (Fsp3) is 0.222. The number of carbonyl (C=O) groups is 1. The molecule has 0 spiro atoms. The molecule has 0 aliphatic carbocycles. The van der Waals surface area contributed by atoms with Gasteiger partial charge in [0.15, 0.2) is 0 Å². The number of nitriles is 1. The molecule has 0 radical (unpaired) electrons. The maximum absolute atomic E-state index is 11.6. The maximum Gasteiger partial charge on any atom is 0.348 e. The predicted octanol–water partition coefficient (Wildman–Crippen LogP) is 3.78. The first-order chi connectivity index (χ1) is 13.2. The lowest BCUT2D eigenvalue weighted by Gasteiger charge is -2.05. The summed E-state index contributed by atoms with van der Waals surface area (Å²) in [5.74, 6) is -0.727. The molecule has 0 fully saturated rings. The van der Waals surface area contributed by atoms with Gasteiger partial charge in [-0.3, -0.25) is 20.2 Å². The van der Waals surface area contributed by atoms with E-state index in [0.29, 0.717) is 11.1 Å². The van der Waals surface area contributed by atoms with Crippen LogP contribution in [0.5, 0.6) is 0 Å². The van der Waals surface area contributed by atoms with Gasteiger partial charge in [0.25, 0.3) is 11.4 Å². The quantitative estimate of drug-likeness (QED) is 0.177. The van der Waals surface area contributed by atoms with E-state index in [1.165, 1.54) is 24.4 Å². The van der Waals surface area contributed by atoms with E-state index in [2.05, 4.69) is 5.32 Å². The molecule has 1 rings (SSSR count). The second kappa shape index (κ2) is 10.2. The van der Waals surface area contributed by atoms with E-state index in [1.54, 1.807) is 26.8 Å². The molecule has 10 heteroatoms. The van der Waals surface area contributed by atoms with Crippen LogP contribution in [0.15, 0.2) is 53.3 Å². The van der Waals surface area contributed by atoms with Crippen molar-refractivity contribution in [3.63, 3.8) is 0 Å². The first-order valence-corrected chi connectivity index (χ1v) is 8.03. The monoisotopic (exact) mass is 386 g/mol. The molecular formula is C18H18N4O6. The molecule has 1 aromatic carbocycles. The minimum Gasteiger partial charge on any atom is -0.462 e. The zero-order chi connectivity index (χ0) is 21.3. The molecule has 1 aromatic rings. The van der Waals surface area contributed by atoms with Gasteiger partial charge in [-0.1, -0.05) is 6.08 Å². The number of carbonyl (C=O) groups excluding carboxylic acids is 1. The van der Waals surface area contributed by atoms with Crippen LogP contribution in [0.3, 0.4) is 0 Å². The second-order valence-corrected chi connectivity index (χ2v) is 5.45. The third kappa shape index (κ3) is 6.06. The standard InChI is InChI=1S/C18H18N4O6/c1-4-28-18(23)14(10-19)6-5-12(2)13(3)11-20-16-8-7-15(21(24)25)9-17(16)22(26)27/h5-9,11,20H,4H2,1-3H3/b12-5-,13-11-,14-6+. The van der Waals surface area contributed by atoms with Gasteiger partial charge in [-0.15, -0.1) is 0 Å². The highest BCUT2D eigenvalue weighted by Gasteiger charge is 2.18. The van der Waals surface area contributed by atoms with Gasteiger partial charge in [0.05, 0.1) is 22.5 Å². The van der Waals surface area contributed by atoms with Gasteiger partial charge in [0, 0.05) is 12.3 Å². The molecule has 0 bridgehead atoms. The van der Waals surface area contributed by atoms with Crippen LogP contribution in [-0.2, 0) is 9.53 Å².